The molecule has 0 saturated carbocycles. The fourth-order valence-corrected chi connectivity index (χ4v) is 3.60. The Labute approximate surface area is 172 Å². The van der Waals surface area contributed by atoms with Crippen LogP contribution in [0.4, 0.5) is 5.69 Å². The lowest BCUT2D eigenvalue weighted by molar-refractivity contribution is -0.118. The second-order valence-corrected chi connectivity index (χ2v) is 7.74. The zero-order valence-electron chi connectivity index (χ0n) is 16.7. The van der Waals surface area contributed by atoms with E-state index < -0.39 is 0 Å². The molecular weight excluding hydrogens is 378 g/mol. The van der Waals surface area contributed by atoms with Crippen molar-refractivity contribution in [2.24, 2.45) is 5.92 Å². The molecule has 4 aromatic rings. The van der Waals surface area contributed by atoms with Crippen molar-refractivity contribution < 1.29 is 4.79 Å². The first-order valence-corrected chi connectivity index (χ1v) is 9.91. The number of nitrogens with one attached hydrogen (secondary N) is 3. The predicted octanol–water partition coefficient (Wildman–Crippen LogP) is 2.09. The van der Waals surface area contributed by atoms with Crippen molar-refractivity contribution in [1.82, 2.24) is 30.1 Å². The molecule has 0 bridgehead atoms. The first-order chi connectivity index (χ1) is 14.6. The molecule has 1 amide bonds. The highest BCUT2D eigenvalue weighted by molar-refractivity contribution is 5.92. The van der Waals surface area contributed by atoms with Crippen LogP contribution in [-0.2, 0) is 4.79 Å². The third-order valence-electron chi connectivity index (χ3n) is 5.26. The van der Waals surface area contributed by atoms with Crippen molar-refractivity contribution in [2.45, 2.75) is 26.2 Å². The first kappa shape index (κ1) is 18.2. The van der Waals surface area contributed by atoms with Crippen molar-refractivity contribution in [3.05, 3.63) is 53.1 Å². The van der Waals surface area contributed by atoms with Crippen LogP contribution in [0.5, 0.6) is 0 Å². The van der Waals surface area contributed by atoms with Gasteiger partial charge in [0.25, 0.3) is 0 Å². The molecule has 1 atom stereocenters. The number of H-pyrrole nitrogens is 2. The number of imidazole rings is 1. The van der Waals surface area contributed by atoms with Crippen LogP contribution >= 0.6 is 0 Å². The third kappa shape index (κ3) is 3.26. The molecule has 4 aromatic heterocycles. The Kier molecular flexibility index (Phi) is 4.39. The Hall–Kier alpha value is -3.81. The number of aromatic nitrogens is 6. The fourth-order valence-electron chi connectivity index (χ4n) is 3.60. The lowest BCUT2D eigenvalue weighted by Crippen LogP contribution is -2.28. The maximum atomic E-state index is 12.0. The number of hydrogen-bond acceptors (Lipinski definition) is 5. The summed E-state index contributed by atoms with van der Waals surface area (Å²) in [5.74, 6) is 0.727. The van der Waals surface area contributed by atoms with E-state index in [2.05, 4.69) is 47.6 Å². The van der Waals surface area contributed by atoms with Gasteiger partial charge in [-0.15, -0.1) is 0 Å². The minimum absolute atomic E-state index is 0.0214. The molecule has 0 radical (unpaired) electrons. The van der Waals surface area contributed by atoms with E-state index in [0.717, 1.165) is 39.3 Å². The summed E-state index contributed by atoms with van der Waals surface area (Å²) < 4.78 is 0. The average Bonchev–Trinajstić information content (AvgIpc) is 3.37. The summed E-state index contributed by atoms with van der Waals surface area (Å²) in [6, 6.07) is 3.86. The van der Waals surface area contributed by atoms with Crippen molar-refractivity contribution in [1.29, 1.82) is 0 Å². The maximum Gasteiger partial charge on any atom is 0.226 e. The lowest BCUT2D eigenvalue weighted by atomic mass is 9.92. The van der Waals surface area contributed by atoms with Gasteiger partial charge >= 0.3 is 0 Å². The number of hydrogen-bond donors (Lipinski definition) is 3. The summed E-state index contributed by atoms with van der Waals surface area (Å²) in [5.41, 5.74) is 4.26. The molecule has 0 aromatic carbocycles. The van der Waals surface area contributed by atoms with Gasteiger partial charge in [0.1, 0.15) is 5.69 Å². The fraction of sp³-hybridized carbons (Fsp3) is 0.227. The highest BCUT2D eigenvalue weighted by Gasteiger charge is 2.18. The van der Waals surface area contributed by atoms with Crippen molar-refractivity contribution in [3.8, 4) is 11.5 Å². The van der Waals surface area contributed by atoms with Gasteiger partial charge in [0.2, 0.25) is 5.91 Å². The Morgan fingerprint density at radius 2 is 2.13 bits per heavy atom. The molecule has 5 rings (SSSR count). The number of carbonyl (C=O) groups is 1. The van der Waals surface area contributed by atoms with Gasteiger partial charge in [-0.1, -0.05) is 26.0 Å². The second-order valence-electron chi connectivity index (χ2n) is 7.74. The number of aromatic amines is 2. The van der Waals surface area contributed by atoms with Crippen LogP contribution in [0.1, 0.15) is 31.7 Å². The van der Waals surface area contributed by atoms with Gasteiger partial charge in [-0.25, -0.2) is 4.98 Å². The molecule has 0 fully saturated rings. The number of anilines is 1. The molecule has 8 nitrogen and oxygen atoms in total. The van der Waals surface area contributed by atoms with Gasteiger partial charge in [-0.05, 0) is 24.1 Å². The second kappa shape index (κ2) is 7.22. The number of carbonyl (C=O) groups excluding carboxylic acids is 1. The van der Waals surface area contributed by atoms with Crippen LogP contribution in [0.25, 0.3) is 34.7 Å². The van der Waals surface area contributed by atoms with Crippen molar-refractivity contribution >= 4 is 34.8 Å². The SMILES string of the molecule is CC(C)C(=O)Nc1cncc(C2C=c3c(-c4nc5ccncc5[nH]4)n[nH]c3=CC2)c1. The van der Waals surface area contributed by atoms with E-state index in [1.54, 1.807) is 18.6 Å². The minimum Gasteiger partial charge on any atom is -0.335 e. The molecule has 30 heavy (non-hydrogen) atoms. The highest BCUT2D eigenvalue weighted by atomic mass is 16.1. The molecule has 1 unspecified atom stereocenters. The number of nitrogens with zero attached hydrogens (tertiary/aromatic N) is 4. The van der Waals surface area contributed by atoms with E-state index in [4.69, 9.17) is 0 Å². The summed E-state index contributed by atoms with van der Waals surface area (Å²) >= 11 is 0. The molecule has 0 spiro atoms. The van der Waals surface area contributed by atoms with E-state index in [0.29, 0.717) is 11.5 Å². The molecule has 0 saturated heterocycles. The van der Waals surface area contributed by atoms with Crippen molar-refractivity contribution in [2.75, 3.05) is 5.32 Å². The number of amides is 1. The average molecular weight is 399 g/mol. The third-order valence-corrected chi connectivity index (χ3v) is 5.26. The molecule has 1 aliphatic rings. The van der Waals surface area contributed by atoms with Crippen LogP contribution in [0, 0.1) is 5.92 Å². The molecular formula is C22H21N7O. The molecule has 4 heterocycles. The summed E-state index contributed by atoms with van der Waals surface area (Å²) in [5, 5.41) is 12.5. The van der Waals surface area contributed by atoms with E-state index in [1.807, 2.05) is 32.2 Å². The van der Waals surface area contributed by atoms with E-state index in [-0.39, 0.29) is 17.7 Å². The van der Waals surface area contributed by atoms with Gasteiger partial charge in [0.05, 0.1) is 34.5 Å². The quantitative estimate of drug-likeness (QED) is 0.486. The van der Waals surface area contributed by atoms with Gasteiger partial charge in [-0.2, -0.15) is 5.10 Å². The predicted molar refractivity (Wildman–Crippen MR) is 115 cm³/mol. The van der Waals surface area contributed by atoms with E-state index >= 15 is 0 Å². The van der Waals surface area contributed by atoms with Crippen LogP contribution in [-0.4, -0.2) is 36.0 Å². The molecule has 150 valence electrons. The van der Waals surface area contributed by atoms with Gasteiger partial charge < -0.3 is 10.3 Å². The summed E-state index contributed by atoms with van der Waals surface area (Å²) in [6.07, 6.45) is 12.1. The summed E-state index contributed by atoms with van der Waals surface area (Å²) in [4.78, 5) is 28.4. The maximum absolute atomic E-state index is 12.0. The first-order valence-electron chi connectivity index (χ1n) is 9.91. The van der Waals surface area contributed by atoms with Crippen LogP contribution in [0.2, 0.25) is 0 Å². The Morgan fingerprint density at radius 3 is 2.97 bits per heavy atom. The van der Waals surface area contributed by atoms with Crippen molar-refractivity contribution in [3.63, 3.8) is 0 Å². The topological polar surface area (TPSA) is 112 Å². The molecule has 0 aliphatic heterocycles. The Morgan fingerprint density at radius 1 is 1.23 bits per heavy atom. The van der Waals surface area contributed by atoms with Crippen LogP contribution in [0.3, 0.4) is 0 Å². The number of rotatable bonds is 4. The summed E-state index contributed by atoms with van der Waals surface area (Å²) in [7, 11) is 0. The summed E-state index contributed by atoms with van der Waals surface area (Å²) in [6.45, 7) is 3.74. The minimum atomic E-state index is -0.0849. The van der Waals surface area contributed by atoms with Gasteiger partial charge in [0.15, 0.2) is 5.82 Å². The van der Waals surface area contributed by atoms with Gasteiger partial charge in [-0.3, -0.25) is 19.9 Å². The number of pyridine rings is 2. The smallest absolute Gasteiger partial charge is 0.226 e. The van der Waals surface area contributed by atoms with E-state index in [9.17, 15) is 4.79 Å². The monoisotopic (exact) mass is 399 g/mol. The zero-order valence-corrected chi connectivity index (χ0v) is 16.7. The van der Waals surface area contributed by atoms with Crippen LogP contribution in [0.15, 0.2) is 36.9 Å². The highest BCUT2D eigenvalue weighted by Crippen LogP contribution is 2.25. The largest absolute Gasteiger partial charge is 0.335 e. The Balaban J connectivity index is 1.52. The normalized spacial score (nSPS) is 15.5. The molecule has 8 heteroatoms. The van der Waals surface area contributed by atoms with Gasteiger partial charge in [0, 0.05) is 29.4 Å². The van der Waals surface area contributed by atoms with Crippen LogP contribution < -0.4 is 15.9 Å². The lowest BCUT2D eigenvalue weighted by Gasteiger charge is -2.15. The Bertz CT molecular complexity index is 1330. The standard InChI is InChI=1S/C22H21N7O/c1-12(2)22(30)25-15-7-14(9-24-10-15)13-3-4-17-16(8-13)20(29-28-17)21-26-18-5-6-23-11-19(18)27-21/h4-13,28H,3H2,1-2H3,(H,25,30)(H,26,27). The molecule has 1 aliphatic carbocycles. The molecule has 3 N–H and O–H groups in total. The zero-order chi connectivity index (χ0) is 20.7. The number of fused-ring (bicyclic) bond motifs is 2. The van der Waals surface area contributed by atoms with E-state index in [1.165, 1.54) is 0 Å².